The number of aromatic nitrogens is 3. The number of carbonyl (C=O) groups is 2. The number of nitrogens with zero attached hydrogens (tertiary/aromatic N) is 3. The first kappa shape index (κ1) is 26.9. The van der Waals surface area contributed by atoms with Crippen LogP contribution >= 0.6 is 22.9 Å². The second-order valence-electron chi connectivity index (χ2n) is 8.74. The van der Waals surface area contributed by atoms with Crippen molar-refractivity contribution in [2.75, 3.05) is 19.0 Å². The molecular formula is C26H22ClF3N4O4S. The van der Waals surface area contributed by atoms with Gasteiger partial charge in [0.15, 0.2) is 17.0 Å². The number of esters is 1. The van der Waals surface area contributed by atoms with Crippen molar-refractivity contribution in [3.8, 4) is 17.0 Å². The van der Waals surface area contributed by atoms with E-state index in [-0.39, 0.29) is 33.5 Å². The predicted octanol–water partition coefficient (Wildman–Crippen LogP) is 6.45. The molecule has 13 heteroatoms. The number of carbonyl (C=O) groups excluding carboxylic acids is 2. The van der Waals surface area contributed by atoms with Crippen molar-refractivity contribution in [3.05, 3.63) is 62.7 Å². The van der Waals surface area contributed by atoms with E-state index in [4.69, 9.17) is 21.1 Å². The molecular weight excluding hydrogens is 557 g/mol. The van der Waals surface area contributed by atoms with E-state index in [1.165, 1.54) is 24.5 Å². The molecule has 8 nitrogen and oxygen atoms in total. The molecule has 0 aliphatic heterocycles. The van der Waals surface area contributed by atoms with Gasteiger partial charge in [0.2, 0.25) is 0 Å². The lowest BCUT2D eigenvalue weighted by atomic mass is 9.95. The van der Waals surface area contributed by atoms with Crippen LogP contribution in [0.25, 0.3) is 16.9 Å². The van der Waals surface area contributed by atoms with E-state index in [0.29, 0.717) is 22.2 Å². The van der Waals surface area contributed by atoms with Crippen molar-refractivity contribution in [1.29, 1.82) is 0 Å². The molecule has 0 spiro atoms. The zero-order valence-corrected chi connectivity index (χ0v) is 22.4. The number of halogens is 4. The van der Waals surface area contributed by atoms with Gasteiger partial charge in [-0.05, 0) is 56.4 Å². The number of rotatable bonds is 6. The van der Waals surface area contributed by atoms with Crippen LogP contribution in [0.1, 0.15) is 56.7 Å². The summed E-state index contributed by atoms with van der Waals surface area (Å²) in [4.78, 5) is 31.3. The van der Waals surface area contributed by atoms with Gasteiger partial charge in [-0.2, -0.15) is 18.3 Å². The Labute approximate surface area is 229 Å². The van der Waals surface area contributed by atoms with Crippen molar-refractivity contribution >= 4 is 45.5 Å². The van der Waals surface area contributed by atoms with E-state index in [0.717, 1.165) is 35.8 Å². The number of amides is 1. The van der Waals surface area contributed by atoms with Crippen molar-refractivity contribution in [1.82, 2.24) is 14.6 Å². The molecule has 4 aromatic rings. The summed E-state index contributed by atoms with van der Waals surface area (Å²) in [6.07, 6.45) is -1.58. The van der Waals surface area contributed by atoms with Gasteiger partial charge in [-0.1, -0.05) is 23.7 Å². The third-order valence-electron chi connectivity index (χ3n) is 6.28. The number of anilines is 1. The maximum Gasteiger partial charge on any atom is 0.433 e. The first-order valence-electron chi connectivity index (χ1n) is 12.1. The maximum atomic E-state index is 14.1. The fourth-order valence-electron chi connectivity index (χ4n) is 4.50. The van der Waals surface area contributed by atoms with Gasteiger partial charge in [0.25, 0.3) is 5.91 Å². The van der Waals surface area contributed by atoms with Gasteiger partial charge in [0.05, 0.1) is 25.0 Å². The first-order chi connectivity index (χ1) is 18.6. The standard InChI is InChI=1S/C26H22ClF3N4O4S/c1-3-38-25(36)19-15-9-4-5-10-17(15)39-24(19)32-23(35)21-20(27)22-31-16(13-7-6-8-14(11-13)37-2)12-18(26(28,29)30)34(22)33-21/h6-8,11-12H,3-5,9-10H2,1-2H3,(H,32,35). The van der Waals surface area contributed by atoms with Gasteiger partial charge in [0.1, 0.15) is 15.8 Å². The Kier molecular flexibility index (Phi) is 7.25. The van der Waals surface area contributed by atoms with E-state index in [2.05, 4.69) is 15.4 Å². The lowest BCUT2D eigenvalue weighted by Gasteiger charge is -2.12. The molecule has 3 aromatic heterocycles. The Morgan fingerprint density at radius 3 is 2.69 bits per heavy atom. The third kappa shape index (κ3) is 5.06. The fourth-order valence-corrected chi connectivity index (χ4v) is 6.02. The van der Waals surface area contributed by atoms with Crippen molar-refractivity contribution in [2.45, 2.75) is 38.8 Å². The molecule has 1 aliphatic carbocycles. The smallest absolute Gasteiger partial charge is 0.433 e. The van der Waals surface area contributed by atoms with Crippen LogP contribution in [0.4, 0.5) is 18.2 Å². The summed E-state index contributed by atoms with van der Waals surface area (Å²) < 4.78 is 53.1. The van der Waals surface area contributed by atoms with Crippen LogP contribution in [-0.2, 0) is 23.8 Å². The molecule has 1 aliphatic rings. The zero-order chi connectivity index (χ0) is 27.9. The van der Waals surface area contributed by atoms with Crippen molar-refractivity contribution < 1.29 is 32.2 Å². The zero-order valence-electron chi connectivity index (χ0n) is 20.8. The minimum absolute atomic E-state index is 0.0296. The number of aryl methyl sites for hydroxylation is 1. The average molecular weight is 579 g/mol. The van der Waals surface area contributed by atoms with Crippen LogP contribution in [0.15, 0.2) is 30.3 Å². The highest BCUT2D eigenvalue weighted by molar-refractivity contribution is 7.17. The highest BCUT2D eigenvalue weighted by Gasteiger charge is 2.37. The van der Waals surface area contributed by atoms with Gasteiger partial charge in [0, 0.05) is 10.4 Å². The SMILES string of the molecule is CCOC(=O)c1c(NC(=O)c2nn3c(C(F)(F)F)cc(-c4cccc(OC)c4)nc3c2Cl)sc2c1CCCC2. The molecule has 0 radical (unpaired) electrons. The molecule has 1 aromatic carbocycles. The summed E-state index contributed by atoms with van der Waals surface area (Å²) in [5, 5.41) is 6.42. The predicted molar refractivity (Wildman–Crippen MR) is 140 cm³/mol. The number of alkyl halides is 3. The lowest BCUT2D eigenvalue weighted by molar-refractivity contribution is -0.142. The van der Waals surface area contributed by atoms with E-state index in [1.807, 2.05) is 0 Å². The van der Waals surface area contributed by atoms with Crippen molar-refractivity contribution in [2.24, 2.45) is 0 Å². The Bertz CT molecular complexity index is 1600. The number of benzene rings is 1. The number of ether oxygens (including phenoxy) is 2. The Balaban J connectivity index is 1.59. The molecule has 0 saturated carbocycles. The summed E-state index contributed by atoms with van der Waals surface area (Å²) in [6.45, 7) is 1.83. The highest BCUT2D eigenvalue weighted by Crippen LogP contribution is 2.40. The number of nitrogens with one attached hydrogen (secondary N) is 1. The van der Waals surface area contributed by atoms with Gasteiger partial charge in [-0.25, -0.2) is 14.3 Å². The Morgan fingerprint density at radius 1 is 1.21 bits per heavy atom. The summed E-state index contributed by atoms with van der Waals surface area (Å²) in [5.41, 5.74) is -0.551. The van der Waals surface area contributed by atoms with Gasteiger partial charge in [-0.3, -0.25) is 4.79 Å². The number of hydrogen-bond donors (Lipinski definition) is 1. The minimum Gasteiger partial charge on any atom is -0.497 e. The molecule has 3 heterocycles. The molecule has 5 rings (SSSR count). The molecule has 0 atom stereocenters. The quantitative estimate of drug-likeness (QED) is 0.264. The summed E-state index contributed by atoms with van der Waals surface area (Å²) in [7, 11) is 1.44. The van der Waals surface area contributed by atoms with Crippen LogP contribution in [0.3, 0.4) is 0 Å². The Morgan fingerprint density at radius 2 is 1.97 bits per heavy atom. The molecule has 0 saturated heterocycles. The van der Waals surface area contributed by atoms with E-state index < -0.39 is 29.4 Å². The molecule has 1 amide bonds. The molecule has 0 unspecified atom stereocenters. The maximum absolute atomic E-state index is 14.1. The molecule has 0 bridgehead atoms. The van der Waals surface area contributed by atoms with E-state index >= 15 is 0 Å². The van der Waals surface area contributed by atoms with Gasteiger partial charge >= 0.3 is 12.1 Å². The largest absolute Gasteiger partial charge is 0.497 e. The van der Waals surface area contributed by atoms with E-state index in [1.54, 1.807) is 25.1 Å². The van der Waals surface area contributed by atoms with Crippen LogP contribution in [0, 0.1) is 0 Å². The van der Waals surface area contributed by atoms with Crippen molar-refractivity contribution in [3.63, 3.8) is 0 Å². The first-order valence-corrected chi connectivity index (χ1v) is 13.3. The van der Waals surface area contributed by atoms with Gasteiger partial charge in [-0.15, -0.1) is 11.3 Å². The summed E-state index contributed by atoms with van der Waals surface area (Å²) >= 11 is 7.67. The number of fused-ring (bicyclic) bond motifs is 2. The monoisotopic (exact) mass is 578 g/mol. The number of thiophene rings is 1. The molecule has 204 valence electrons. The normalized spacial score (nSPS) is 13.3. The summed E-state index contributed by atoms with van der Waals surface area (Å²) in [6, 6.07) is 7.21. The average Bonchev–Trinajstić information content (AvgIpc) is 3.45. The second-order valence-corrected chi connectivity index (χ2v) is 10.2. The molecule has 39 heavy (non-hydrogen) atoms. The molecule has 0 fully saturated rings. The molecule has 1 N–H and O–H groups in total. The number of methoxy groups -OCH3 is 1. The highest BCUT2D eigenvalue weighted by atomic mass is 35.5. The fraction of sp³-hybridized carbons (Fsp3) is 0.308. The Hall–Kier alpha value is -3.64. The third-order valence-corrected chi connectivity index (χ3v) is 7.84. The lowest BCUT2D eigenvalue weighted by Crippen LogP contribution is -2.17. The van der Waals surface area contributed by atoms with E-state index in [9.17, 15) is 22.8 Å². The minimum atomic E-state index is -4.83. The second kappa shape index (κ2) is 10.5. The number of hydrogen-bond acceptors (Lipinski definition) is 7. The topological polar surface area (TPSA) is 94.8 Å². The van der Waals surface area contributed by atoms with Crippen LogP contribution in [0.5, 0.6) is 5.75 Å². The van der Waals surface area contributed by atoms with Crippen LogP contribution in [-0.4, -0.2) is 40.2 Å². The van der Waals surface area contributed by atoms with Gasteiger partial charge < -0.3 is 14.8 Å². The van der Waals surface area contributed by atoms with Crippen LogP contribution in [0.2, 0.25) is 5.02 Å². The summed E-state index contributed by atoms with van der Waals surface area (Å²) in [5.74, 6) is -1.01. The van der Waals surface area contributed by atoms with Crippen LogP contribution < -0.4 is 10.1 Å².